The number of aromatic nitrogens is 2. The maximum atomic E-state index is 13.7. The van der Waals surface area contributed by atoms with E-state index >= 15 is 0 Å². The maximum Gasteiger partial charge on any atom is 0.278 e. The first-order chi connectivity index (χ1) is 19.0. The van der Waals surface area contributed by atoms with Gasteiger partial charge in [0.2, 0.25) is 0 Å². The van der Waals surface area contributed by atoms with Gasteiger partial charge in [-0.25, -0.2) is 9.98 Å². The first kappa shape index (κ1) is 29.1. The summed E-state index contributed by atoms with van der Waals surface area (Å²) in [5.41, 5.74) is 5.44. The van der Waals surface area contributed by atoms with E-state index < -0.39 is 0 Å². The van der Waals surface area contributed by atoms with Crippen molar-refractivity contribution >= 4 is 22.8 Å². The highest BCUT2D eigenvalue weighted by molar-refractivity contribution is 6.50. The summed E-state index contributed by atoms with van der Waals surface area (Å²) >= 11 is 0. The number of aliphatic imine (C=N–C) groups is 1. The summed E-state index contributed by atoms with van der Waals surface area (Å²) in [6, 6.07) is 11.8. The van der Waals surface area contributed by atoms with E-state index in [-0.39, 0.29) is 11.0 Å². The molecule has 40 heavy (non-hydrogen) atoms. The molecule has 0 spiro atoms. The van der Waals surface area contributed by atoms with E-state index in [0.717, 1.165) is 37.2 Å². The number of hydrogen-bond donors (Lipinski definition) is 0. The lowest BCUT2D eigenvalue weighted by Gasteiger charge is -2.23. The van der Waals surface area contributed by atoms with Crippen molar-refractivity contribution in [2.45, 2.75) is 61.3 Å². The first-order valence-corrected chi connectivity index (χ1v) is 13.9. The molecular weight excluding hydrogens is 502 g/mol. The van der Waals surface area contributed by atoms with E-state index in [9.17, 15) is 4.79 Å². The van der Waals surface area contributed by atoms with Gasteiger partial charge in [0.05, 0.1) is 31.3 Å². The zero-order valence-electron chi connectivity index (χ0n) is 25.3. The van der Waals surface area contributed by atoms with E-state index in [1.807, 2.05) is 24.3 Å². The number of rotatable bonds is 9. The molecule has 0 unspecified atom stereocenters. The van der Waals surface area contributed by atoms with Gasteiger partial charge >= 0.3 is 0 Å². The normalized spacial score (nSPS) is 13.8. The molecule has 8 heteroatoms. The molecule has 1 aliphatic rings. The average Bonchev–Trinajstić information content (AvgIpc) is 3.31. The number of nitrogens with zero attached hydrogens (tertiary/aromatic N) is 5. The van der Waals surface area contributed by atoms with E-state index in [0.29, 0.717) is 45.6 Å². The van der Waals surface area contributed by atoms with Crippen LogP contribution in [-0.2, 0) is 0 Å². The summed E-state index contributed by atoms with van der Waals surface area (Å²) in [6.45, 7) is 16.4. The second kappa shape index (κ2) is 11.7. The van der Waals surface area contributed by atoms with Gasteiger partial charge in [0.25, 0.3) is 5.56 Å². The van der Waals surface area contributed by atoms with Gasteiger partial charge in [-0.1, -0.05) is 34.1 Å². The van der Waals surface area contributed by atoms with Gasteiger partial charge < -0.3 is 14.4 Å². The highest BCUT2D eigenvalue weighted by Gasteiger charge is 2.35. The van der Waals surface area contributed by atoms with Crippen LogP contribution >= 0.6 is 0 Å². The fourth-order valence-electron chi connectivity index (χ4n) is 4.86. The lowest BCUT2D eigenvalue weighted by Crippen LogP contribution is -2.28. The van der Waals surface area contributed by atoms with Crippen molar-refractivity contribution in [1.82, 2.24) is 9.66 Å². The van der Waals surface area contributed by atoms with Crippen molar-refractivity contribution in [3.8, 4) is 22.8 Å². The number of aryl methyl sites for hydroxylation is 1. The van der Waals surface area contributed by atoms with Gasteiger partial charge in [0.15, 0.2) is 5.82 Å². The highest BCUT2D eigenvalue weighted by atomic mass is 16.5. The van der Waals surface area contributed by atoms with E-state index in [1.54, 1.807) is 21.1 Å². The molecule has 0 atom stereocenters. The van der Waals surface area contributed by atoms with Gasteiger partial charge in [0.1, 0.15) is 17.2 Å². The van der Waals surface area contributed by atoms with Gasteiger partial charge in [-0.2, -0.15) is 9.78 Å². The fourth-order valence-corrected chi connectivity index (χ4v) is 4.86. The van der Waals surface area contributed by atoms with Gasteiger partial charge in [-0.15, -0.1) is 0 Å². The molecule has 0 N–H and O–H groups in total. The second-order valence-electron chi connectivity index (χ2n) is 11.2. The fraction of sp³-hybridized carbons (Fsp3) is 0.438. The van der Waals surface area contributed by atoms with Crippen LogP contribution in [0, 0.1) is 19.3 Å². The van der Waals surface area contributed by atoms with Gasteiger partial charge in [-0.3, -0.25) is 4.79 Å². The molecule has 0 radical (unpaired) electrons. The Morgan fingerprint density at radius 2 is 1.77 bits per heavy atom. The van der Waals surface area contributed by atoms with Crippen LogP contribution in [0.3, 0.4) is 0 Å². The third kappa shape index (κ3) is 5.53. The first-order valence-electron chi connectivity index (χ1n) is 13.9. The van der Waals surface area contributed by atoms with Crippen molar-refractivity contribution in [2.24, 2.45) is 15.5 Å². The number of benzene rings is 2. The molecule has 0 fully saturated rings. The smallest absolute Gasteiger partial charge is 0.278 e. The lowest BCUT2D eigenvalue weighted by atomic mass is 9.87. The molecule has 2 heterocycles. The molecule has 0 aliphatic carbocycles. The molecule has 2 aromatic carbocycles. The Labute approximate surface area is 237 Å². The summed E-state index contributed by atoms with van der Waals surface area (Å²) in [4.78, 5) is 26.2. The molecule has 212 valence electrons. The molecule has 4 rings (SSSR count). The number of hydrogen-bond acceptors (Lipinski definition) is 7. The molecule has 3 aromatic rings. The van der Waals surface area contributed by atoms with Crippen LogP contribution in [-0.4, -0.2) is 48.4 Å². The van der Waals surface area contributed by atoms with Crippen molar-refractivity contribution in [1.29, 1.82) is 0 Å². The third-order valence-corrected chi connectivity index (χ3v) is 7.24. The molecule has 0 saturated heterocycles. The van der Waals surface area contributed by atoms with Crippen molar-refractivity contribution < 1.29 is 9.47 Å². The second-order valence-corrected chi connectivity index (χ2v) is 11.2. The molecule has 0 bridgehead atoms. The number of unbranched alkanes of at least 4 members (excludes halogenated alkanes) is 1. The molecule has 1 aromatic heterocycles. The van der Waals surface area contributed by atoms with Crippen LogP contribution in [0.25, 0.3) is 11.3 Å². The quantitative estimate of drug-likeness (QED) is 0.305. The summed E-state index contributed by atoms with van der Waals surface area (Å²) in [7, 11) is 3.21. The zero-order chi connectivity index (χ0) is 29.2. The van der Waals surface area contributed by atoms with Gasteiger partial charge in [-0.05, 0) is 69.2 Å². The average molecular weight is 544 g/mol. The van der Waals surface area contributed by atoms with Crippen LogP contribution in [0.5, 0.6) is 11.5 Å². The largest absolute Gasteiger partial charge is 0.497 e. The topological polar surface area (TPSA) is 81.3 Å². The Balaban J connectivity index is 1.90. The number of ether oxygens (including phenoxy) is 2. The Kier molecular flexibility index (Phi) is 8.47. The minimum absolute atomic E-state index is 0.238. The van der Waals surface area contributed by atoms with Crippen LogP contribution in [0.4, 0.5) is 11.4 Å². The molecule has 0 amide bonds. The number of fused-ring (bicyclic) bond motifs is 1. The van der Waals surface area contributed by atoms with E-state index in [2.05, 4.69) is 58.6 Å². The minimum Gasteiger partial charge on any atom is -0.497 e. The van der Waals surface area contributed by atoms with Crippen LogP contribution in [0.15, 0.2) is 51.3 Å². The standard InChI is InChI=1S/C32H41N5O3/c1-10-12-17-36(11-2)22-13-15-25(20(3)18-22)33-28-29(32(5,6)7)35-37-30(28)34-27(21(4)31(37)38)24-19-23(39-8)14-16-26(24)40-9/h13-16,18-19H,10-12,17H2,1-9H3. The summed E-state index contributed by atoms with van der Waals surface area (Å²) < 4.78 is 12.5. The lowest BCUT2D eigenvalue weighted by molar-refractivity contribution is 0.404. The van der Waals surface area contributed by atoms with Crippen LogP contribution < -0.4 is 19.9 Å². The van der Waals surface area contributed by atoms with Crippen molar-refractivity contribution in [3.05, 3.63) is 63.7 Å². The predicted octanol–water partition coefficient (Wildman–Crippen LogP) is 6.56. The predicted molar refractivity (Wildman–Crippen MR) is 164 cm³/mol. The number of methoxy groups -OCH3 is 2. The summed E-state index contributed by atoms with van der Waals surface area (Å²) in [5.74, 6) is 1.67. The van der Waals surface area contributed by atoms with Crippen molar-refractivity contribution in [2.75, 3.05) is 32.2 Å². The Morgan fingerprint density at radius 1 is 1.02 bits per heavy atom. The maximum absolute atomic E-state index is 13.7. The van der Waals surface area contributed by atoms with E-state index in [4.69, 9.17) is 24.6 Å². The van der Waals surface area contributed by atoms with E-state index in [1.165, 1.54) is 10.4 Å². The van der Waals surface area contributed by atoms with Crippen molar-refractivity contribution in [3.63, 3.8) is 0 Å². The Morgan fingerprint density at radius 3 is 2.38 bits per heavy atom. The number of anilines is 1. The van der Waals surface area contributed by atoms with Gasteiger partial charge in [0, 0.05) is 35.3 Å². The molecular formula is C32H41N5O3. The van der Waals surface area contributed by atoms with Crippen LogP contribution in [0.2, 0.25) is 0 Å². The summed E-state index contributed by atoms with van der Waals surface area (Å²) in [6.07, 6.45) is 2.31. The Hall–Kier alpha value is -3.94. The summed E-state index contributed by atoms with van der Waals surface area (Å²) in [5, 5.41) is 4.76. The minimum atomic E-state index is -0.367. The SMILES string of the molecule is CCCCN(CC)c1ccc(N=C2C(C(C)(C)C)=Nn3c2nc(-c2cc(OC)ccc2OC)c(C)c3=O)c(C)c1. The van der Waals surface area contributed by atoms with Crippen LogP contribution in [0.1, 0.15) is 64.4 Å². The zero-order valence-corrected chi connectivity index (χ0v) is 25.3. The molecule has 0 saturated carbocycles. The highest BCUT2D eigenvalue weighted by Crippen LogP contribution is 2.35. The monoisotopic (exact) mass is 543 g/mol. The molecule has 1 aliphatic heterocycles. The Bertz CT molecular complexity index is 1530. The third-order valence-electron chi connectivity index (χ3n) is 7.24. The molecule has 8 nitrogen and oxygen atoms in total.